The number of nitrogens with one attached hydrogen (secondary N) is 1. The Labute approximate surface area is 136 Å². The van der Waals surface area contributed by atoms with Crippen LogP contribution in [0.4, 0.5) is 18.9 Å². The van der Waals surface area contributed by atoms with E-state index in [-0.39, 0.29) is 5.56 Å². The Bertz CT molecular complexity index is 781. The molecule has 0 spiro atoms. The van der Waals surface area contributed by atoms with Gasteiger partial charge in [0.15, 0.2) is 11.6 Å². The highest BCUT2D eigenvalue weighted by Gasteiger charge is 2.21. The van der Waals surface area contributed by atoms with E-state index in [4.69, 9.17) is 5.73 Å². The Morgan fingerprint density at radius 2 is 1.64 bits per heavy atom. The fourth-order valence-electron chi connectivity index (χ4n) is 1.73. The van der Waals surface area contributed by atoms with Gasteiger partial charge in [-0.3, -0.25) is 9.59 Å². The van der Waals surface area contributed by atoms with Gasteiger partial charge in [0, 0.05) is 3.57 Å². The van der Waals surface area contributed by atoms with E-state index < -0.39 is 40.5 Å². The van der Waals surface area contributed by atoms with E-state index in [2.05, 4.69) is 0 Å². The summed E-state index contributed by atoms with van der Waals surface area (Å²) in [5.74, 6) is -5.64. The van der Waals surface area contributed by atoms with Crippen molar-refractivity contribution >= 4 is 40.1 Å². The first-order chi connectivity index (χ1) is 10.3. The van der Waals surface area contributed by atoms with Crippen molar-refractivity contribution in [3.8, 4) is 0 Å². The number of hydrogen-bond donors (Lipinski definition) is 2. The van der Waals surface area contributed by atoms with Crippen LogP contribution in [-0.4, -0.2) is 11.8 Å². The average Bonchev–Trinajstić information content (AvgIpc) is 2.43. The number of carbonyl (C=O) groups excluding carboxylic acids is 2. The van der Waals surface area contributed by atoms with Crippen molar-refractivity contribution in [3.05, 3.63) is 62.5 Å². The topological polar surface area (TPSA) is 72.2 Å². The van der Waals surface area contributed by atoms with Crippen molar-refractivity contribution in [1.82, 2.24) is 0 Å². The molecule has 0 saturated heterocycles. The lowest BCUT2D eigenvalue weighted by molar-refractivity contribution is 0.100. The summed E-state index contributed by atoms with van der Waals surface area (Å²) >= 11 is 1.85. The molecular weight excluding hydrogens is 412 g/mol. The Morgan fingerprint density at radius 3 is 2.23 bits per heavy atom. The van der Waals surface area contributed by atoms with E-state index in [1.807, 2.05) is 27.9 Å². The zero-order valence-corrected chi connectivity index (χ0v) is 12.9. The van der Waals surface area contributed by atoms with Crippen LogP contribution in [0.5, 0.6) is 0 Å². The molecule has 2 aromatic carbocycles. The lowest BCUT2D eigenvalue weighted by Gasteiger charge is -2.11. The maximum atomic E-state index is 13.8. The molecule has 0 heterocycles. The predicted octanol–water partition coefficient (Wildman–Crippen LogP) is 3.06. The quantitative estimate of drug-likeness (QED) is 0.750. The second-order valence-corrected chi connectivity index (χ2v) is 5.47. The summed E-state index contributed by atoms with van der Waals surface area (Å²) in [6.45, 7) is 0. The summed E-state index contributed by atoms with van der Waals surface area (Å²) in [5, 5.41) is 1.98. The fourth-order valence-corrected chi connectivity index (χ4v) is 2.19. The lowest BCUT2D eigenvalue weighted by atomic mass is 10.1. The molecule has 2 aromatic rings. The minimum absolute atomic E-state index is 0.375. The smallest absolute Gasteiger partial charge is 0.258 e. The molecule has 22 heavy (non-hydrogen) atoms. The first kappa shape index (κ1) is 16.3. The van der Waals surface area contributed by atoms with E-state index in [0.29, 0.717) is 9.64 Å². The molecule has 114 valence electrons. The zero-order valence-electron chi connectivity index (χ0n) is 10.8. The SMILES string of the molecule is NC(=O)c1ccc(F)c(F)c1NC(=O)c1ccc(I)cc1F. The summed E-state index contributed by atoms with van der Waals surface area (Å²) in [5.41, 5.74) is 3.52. The third-order valence-electron chi connectivity index (χ3n) is 2.77. The molecule has 3 N–H and O–H groups in total. The van der Waals surface area contributed by atoms with Crippen LogP contribution < -0.4 is 11.1 Å². The van der Waals surface area contributed by atoms with Gasteiger partial charge < -0.3 is 11.1 Å². The summed E-state index contributed by atoms with van der Waals surface area (Å²) < 4.78 is 41.3. The largest absolute Gasteiger partial charge is 0.366 e. The maximum Gasteiger partial charge on any atom is 0.258 e. The molecule has 0 aliphatic heterocycles. The van der Waals surface area contributed by atoms with Gasteiger partial charge in [-0.15, -0.1) is 0 Å². The molecular formula is C14H8F3IN2O2. The second-order valence-electron chi connectivity index (χ2n) is 4.23. The van der Waals surface area contributed by atoms with Crippen LogP contribution in [0.2, 0.25) is 0 Å². The molecule has 2 rings (SSSR count). The van der Waals surface area contributed by atoms with E-state index >= 15 is 0 Å². The van der Waals surface area contributed by atoms with Crippen molar-refractivity contribution in [2.24, 2.45) is 5.73 Å². The van der Waals surface area contributed by atoms with E-state index in [1.54, 1.807) is 0 Å². The Morgan fingerprint density at radius 1 is 1.00 bits per heavy atom. The number of nitrogens with two attached hydrogens (primary N) is 1. The van der Waals surface area contributed by atoms with Crippen molar-refractivity contribution in [3.63, 3.8) is 0 Å². The lowest BCUT2D eigenvalue weighted by Crippen LogP contribution is -2.20. The monoisotopic (exact) mass is 420 g/mol. The van der Waals surface area contributed by atoms with Crippen molar-refractivity contribution in [1.29, 1.82) is 0 Å². The van der Waals surface area contributed by atoms with Crippen LogP contribution in [-0.2, 0) is 0 Å². The number of primary amides is 1. The van der Waals surface area contributed by atoms with Crippen molar-refractivity contribution in [2.45, 2.75) is 0 Å². The standard InChI is InChI=1S/C14H8F3IN2O2/c15-9-4-3-8(13(19)21)12(11(9)17)20-14(22)7-2-1-6(18)5-10(7)16/h1-5H,(H2,19,21)(H,20,22). The van der Waals surface area contributed by atoms with Crippen LogP contribution in [0.15, 0.2) is 30.3 Å². The number of halogens is 4. The number of carbonyl (C=O) groups is 2. The average molecular weight is 420 g/mol. The van der Waals surface area contributed by atoms with Crippen LogP contribution in [0, 0.1) is 21.0 Å². The number of rotatable bonds is 3. The molecule has 0 radical (unpaired) electrons. The zero-order chi connectivity index (χ0) is 16.4. The van der Waals surface area contributed by atoms with Crippen LogP contribution in [0.3, 0.4) is 0 Å². The fraction of sp³-hybridized carbons (Fsp3) is 0. The third kappa shape index (κ3) is 3.21. The van der Waals surface area contributed by atoms with Gasteiger partial charge in [0.05, 0.1) is 16.8 Å². The summed E-state index contributed by atoms with van der Waals surface area (Å²) in [4.78, 5) is 23.2. The van der Waals surface area contributed by atoms with E-state index in [9.17, 15) is 22.8 Å². The molecule has 8 heteroatoms. The molecule has 0 atom stereocenters. The molecule has 0 saturated carbocycles. The number of anilines is 1. The summed E-state index contributed by atoms with van der Waals surface area (Å²) in [6, 6.07) is 5.40. The van der Waals surface area contributed by atoms with Crippen LogP contribution in [0.1, 0.15) is 20.7 Å². The molecule has 0 aliphatic rings. The predicted molar refractivity (Wildman–Crippen MR) is 81.9 cm³/mol. The normalized spacial score (nSPS) is 10.4. The highest BCUT2D eigenvalue weighted by molar-refractivity contribution is 14.1. The second kappa shape index (κ2) is 6.34. The van der Waals surface area contributed by atoms with Gasteiger partial charge in [-0.2, -0.15) is 0 Å². The number of benzene rings is 2. The highest BCUT2D eigenvalue weighted by atomic mass is 127. The molecule has 4 nitrogen and oxygen atoms in total. The van der Waals surface area contributed by atoms with Gasteiger partial charge in [0.2, 0.25) is 0 Å². The molecule has 0 bridgehead atoms. The van der Waals surface area contributed by atoms with Crippen molar-refractivity contribution in [2.75, 3.05) is 5.32 Å². The molecule has 0 fully saturated rings. The van der Waals surface area contributed by atoms with Gasteiger partial charge in [-0.05, 0) is 52.9 Å². The third-order valence-corrected chi connectivity index (χ3v) is 3.45. The van der Waals surface area contributed by atoms with Gasteiger partial charge in [0.25, 0.3) is 11.8 Å². The van der Waals surface area contributed by atoms with Gasteiger partial charge >= 0.3 is 0 Å². The minimum atomic E-state index is -1.45. The van der Waals surface area contributed by atoms with Crippen LogP contribution in [0.25, 0.3) is 0 Å². The summed E-state index contributed by atoms with van der Waals surface area (Å²) in [7, 11) is 0. The first-order valence-electron chi connectivity index (χ1n) is 5.85. The molecule has 2 amide bonds. The maximum absolute atomic E-state index is 13.8. The molecule has 0 aromatic heterocycles. The molecule has 0 aliphatic carbocycles. The van der Waals surface area contributed by atoms with Gasteiger partial charge in [-0.25, -0.2) is 13.2 Å². The molecule has 0 unspecified atom stereocenters. The van der Waals surface area contributed by atoms with E-state index in [1.165, 1.54) is 12.1 Å². The minimum Gasteiger partial charge on any atom is -0.366 e. The van der Waals surface area contributed by atoms with Crippen molar-refractivity contribution < 1.29 is 22.8 Å². The van der Waals surface area contributed by atoms with E-state index in [0.717, 1.165) is 12.1 Å². The Kier molecular flexibility index (Phi) is 4.69. The van der Waals surface area contributed by atoms with Crippen LogP contribution >= 0.6 is 22.6 Å². The summed E-state index contributed by atoms with van der Waals surface area (Å²) in [6.07, 6.45) is 0. The van der Waals surface area contributed by atoms with Gasteiger partial charge in [0.1, 0.15) is 5.82 Å². The number of amides is 2. The Balaban J connectivity index is 2.44. The number of hydrogen-bond acceptors (Lipinski definition) is 2. The Hall–Kier alpha value is -2.10. The first-order valence-corrected chi connectivity index (χ1v) is 6.93. The van der Waals surface area contributed by atoms with Gasteiger partial charge in [-0.1, -0.05) is 0 Å². The highest BCUT2D eigenvalue weighted by Crippen LogP contribution is 2.23.